The summed E-state index contributed by atoms with van der Waals surface area (Å²) in [5.74, 6) is 0.346. The van der Waals surface area contributed by atoms with Crippen LogP contribution in [0.25, 0.3) is 11.0 Å². The summed E-state index contributed by atoms with van der Waals surface area (Å²) in [6.45, 7) is 0.359. The molecule has 0 saturated heterocycles. The maximum Gasteiger partial charge on any atom is 0.243 e. The van der Waals surface area contributed by atoms with Crippen LogP contribution in [0.3, 0.4) is 0 Å². The Labute approximate surface area is 127 Å². The zero-order valence-electron chi connectivity index (χ0n) is 11.5. The summed E-state index contributed by atoms with van der Waals surface area (Å²) >= 11 is 6.11. The number of aromatic amines is 1. The number of nitrogens with zero attached hydrogens (tertiary/aromatic N) is 1. The second-order valence-electron chi connectivity index (χ2n) is 5.19. The molecule has 6 nitrogen and oxygen atoms in total. The third-order valence-electron chi connectivity index (χ3n) is 3.62. The first-order valence-corrected chi connectivity index (χ1v) is 8.52. The molecule has 0 radical (unpaired) electrons. The van der Waals surface area contributed by atoms with E-state index in [1.54, 1.807) is 13.2 Å². The highest BCUT2D eigenvalue weighted by Crippen LogP contribution is 2.34. The lowest BCUT2D eigenvalue weighted by atomic mass is 10.2. The van der Waals surface area contributed by atoms with E-state index in [1.165, 1.54) is 12.4 Å². The van der Waals surface area contributed by atoms with Crippen molar-refractivity contribution in [3.63, 3.8) is 0 Å². The summed E-state index contributed by atoms with van der Waals surface area (Å²) in [7, 11) is -2.11. The van der Waals surface area contributed by atoms with Crippen LogP contribution in [0, 0.1) is 5.92 Å². The molecular formula is C13H16ClN3O3S. The monoisotopic (exact) mass is 329 g/mol. The van der Waals surface area contributed by atoms with Gasteiger partial charge in [-0.1, -0.05) is 11.6 Å². The highest BCUT2D eigenvalue weighted by atomic mass is 35.5. The van der Waals surface area contributed by atoms with Crippen LogP contribution in [-0.2, 0) is 14.8 Å². The molecule has 1 aliphatic rings. The lowest BCUT2D eigenvalue weighted by Crippen LogP contribution is -2.39. The predicted molar refractivity (Wildman–Crippen MR) is 79.8 cm³/mol. The molecule has 3 rings (SSSR count). The average Bonchev–Trinajstić information content (AvgIpc) is 3.17. The maximum absolute atomic E-state index is 12.6. The first-order chi connectivity index (χ1) is 10.0. The molecule has 0 bridgehead atoms. The Morgan fingerprint density at radius 2 is 2.33 bits per heavy atom. The minimum Gasteiger partial charge on any atom is -0.383 e. The number of fused-ring (bicyclic) bond motifs is 1. The van der Waals surface area contributed by atoms with Crippen molar-refractivity contribution in [1.29, 1.82) is 0 Å². The standard InChI is InChI=1S/C13H16ClN3O3S/c1-20-7-10(8-2-3-8)17-21(18,19)11-6-16-13-12(11)9(14)4-5-15-13/h4-6,8,10,17H,2-3,7H2,1H3,(H,15,16)/t10-/m1/s1. The lowest BCUT2D eigenvalue weighted by Gasteiger charge is -2.17. The third kappa shape index (κ3) is 2.91. The van der Waals surface area contributed by atoms with Gasteiger partial charge >= 0.3 is 0 Å². The topological polar surface area (TPSA) is 84.1 Å². The van der Waals surface area contributed by atoms with E-state index < -0.39 is 10.0 Å². The normalized spacial score (nSPS) is 17.2. The van der Waals surface area contributed by atoms with Crippen molar-refractivity contribution < 1.29 is 13.2 Å². The highest BCUT2D eigenvalue weighted by molar-refractivity contribution is 7.89. The second kappa shape index (κ2) is 5.57. The summed E-state index contributed by atoms with van der Waals surface area (Å²) < 4.78 is 33.0. The molecule has 0 unspecified atom stereocenters. The van der Waals surface area contributed by atoms with E-state index in [9.17, 15) is 8.42 Å². The van der Waals surface area contributed by atoms with Gasteiger partial charge in [0.05, 0.1) is 17.0 Å². The zero-order valence-corrected chi connectivity index (χ0v) is 13.0. The van der Waals surface area contributed by atoms with E-state index in [-0.39, 0.29) is 10.9 Å². The van der Waals surface area contributed by atoms with E-state index in [1.807, 2.05) is 0 Å². The van der Waals surface area contributed by atoms with Crippen LogP contribution in [-0.4, -0.2) is 38.1 Å². The van der Waals surface area contributed by atoms with E-state index in [4.69, 9.17) is 16.3 Å². The molecule has 2 aromatic heterocycles. The Bertz CT molecular complexity index is 755. The fourth-order valence-corrected chi connectivity index (χ4v) is 4.19. The summed E-state index contributed by atoms with van der Waals surface area (Å²) in [5.41, 5.74) is 0.456. The summed E-state index contributed by atoms with van der Waals surface area (Å²) in [5, 5.41) is 0.773. The van der Waals surface area contributed by atoms with Gasteiger partial charge in [0.25, 0.3) is 0 Å². The minimum atomic E-state index is -3.68. The molecule has 114 valence electrons. The molecule has 8 heteroatoms. The Kier molecular flexibility index (Phi) is 3.92. The summed E-state index contributed by atoms with van der Waals surface area (Å²) in [6, 6.07) is 1.37. The van der Waals surface area contributed by atoms with Gasteiger partial charge in [-0.05, 0) is 24.8 Å². The van der Waals surface area contributed by atoms with Crippen molar-refractivity contribution in [2.24, 2.45) is 5.92 Å². The maximum atomic E-state index is 12.6. The number of sulfonamides is 1. The molecule has 21 heavy (non-hydrogen) atoms. The first-order valence-electron chi connectivity index (χ1n) is 6.66. The highest BCUT2D eigenvalue weighted by Gasteiger charge is 2.35. The van der Waals surface area contributed by atoms with Gasteiger partial charge in [-0.3, -0.25) is 0 Å². The van der Waals surface area contributed by atoms with Crippen LogP contribution < -0.4 is 4.72 Å². The average molecular weight is 330 g/mol. The van der Waals surface area contributed by atoms with Crippen LogP contribution in [0.4, 0.5) is 0 Å². The summed E-state index contributed by atoms with van der Waals surface area (Å²) in [4.78, 5) is 7.04. The quantitative estimate of drug-likeness (QED) is 0.848. The molecule has 0 aromatic carbocycles. The molecule has 1 fully saturated rings. The Hall–Kier alpha value is -1.15. The number of pyridine rings is 1. The number of nitrogens with one attached hydrogen (secondary N) is 2. The molecule has 1 atom stereocenters. The number of rotatable bonds is 6. The fraction of sp³-hybridized carbons (Fsp3) is 0.462. The first kappa shape index (κ1) is 14.8. The van der Waals surface area contributed by atoms with Gasteiger partial charge in [-0.15, -0.1) is 0 Å². The smallest absolute Gasteiger partial charge is 0.243 e. The fourth-order valence-electron chi connectivity index (χ4n) is 2.41. The number of methoxy groups -OCH3 is 1. The van der Waals surface area contributed by atoms with Crippen molar-refractivity contribution in [3.05, 3.63) is 23.5 Å². The van der Waals surface area contributed by atoms with Crippen molar-refractivity contribution in [2.75, 3.05) is 13.7 Å². The van der Waals surface area contributed by atoms with Crippen LogP contribution in [0.15, 0.2) is 23.4 Å². The van der Waals surface area contributed by atoms with Gasteiger partial charge in [-0.25, -0.2) is 18.1 Å². The SMILES string of the molecule is COC[C@@H](NS(=O)(=O)c1c[nH]c2nccc(Cl)c12)C1CC1. The van der Waals surface area contributed by atoms with Gasteiger partial charge in [0.15, 0.2) is 0 Å². The molecule has 2 N–H and O–H groups in total. The molecule has 0 spiro atoms. The van der Waals surface area contributed by atoms with Crippen molar-refractivity contribution in [3.8, 4) is 0 Å². The summed E-state index contributed by atoms with van der Waals surface area (Å²) in [6.07, 6.45) is 4.99. The molecule has 1 aliphatic carbocycles. The lowest BCUT2D eigenvalue weighted by molar-refractivity contribution is 0.167. The molecule has 0 amide bonds. The molecule has 2 aromatic rings. The number of halogens is 1. The van der Waals surface area contributed by atoms with Gasteiger partial charge in [-0.2, -0.15) is 0 Å². The molecule has 0 aliphatic heterocycles. The van der Waals surface area contributed by atoms with E-state index in [0.29, 0.717) is 28.6 Å². The number of hydrogen-bond donors (Lipinski definition) is 2. The third-order valence-corrected chi connectivity index (χ3v) is 5.45. The minimum absolute atomic E-state index is 0.123. The van der Waals surface area contributed by atoms with E-state index >= 15 is 0 Å². The second-order valence-corrected chi connectivity index (χ2v) is 7.28. The molecule has 1 saturated carbocycles. The predicted octanol–water partition coefficient (Wildman–Crippen LogP) is 1.92. The number of aromatic nitrogens is 2. The zero-order chi connectivity index (χ0) is 15.0. The molecular weight excluding hydrogens is 314 g/mol. The van der Waals surface area contributed by atoms with Crippen LogP contribution in [0.1, 0.15) is 12.8 Å². The Morgan fingerprint density at radius 1 is 1.57 bits per heavy atom. The van der Waals surface area contributed by atoms with E-state index in [2.05, 4.69) is 14.7 Å². The van der Waals surface area contributed by atoms with Gasteiger partial charge in [0.1, 0.15) is 10.5 Å². The van der Waals surface area contributed by atoms with Crippen molar-refractivity contribution >= 4 is 32.7 Å². The van der Waals surface area contributed by atoms with Crippen molar-refractivity contribution in [1.82, 2.24) is 14.7 Å². The van der Waals surface area contributed by atoms with Gasteiger partial charge in [0, 0.05) is 25.5 Å². The number of ether oxygens (including phenoxy) is 1. The van der Waals surface area contributed by atoms with Crippen LogP contribution in [0.2, 0.25) is 5.02 Å². The van der Waals surface area contributed by atoms with Crippen molar-refractivity contribution in [2.45, 2.75) is 23.8 Å². The Balaban J connectivity index is 1.96. The Morgan fingerprint density at radius 3 is 3.00 bits per heavy atom. The largest absolute Gasteiger partial charge is 0.383 e. The molecule has 2 heterocycles. The van der Waals surface area contributed by atoms with Crippen LogP contribution >= 0.6 is 11.6 Å². The number of hydrogen-bond acceptors (Lipinski definition) is 4. The van der Waals surface area contributed by atoms with E-state index in [0.717, 1.165) is 12.8 Å². The van der Waals surface area contributed by atoms with Crippen LogP contribution in [0.5, 0.6) is 0 Å². The number of H-pyrrole nitrogens is 1. The van der Waals surface area contributed by atoms with Gasteiger partial charge in [0.2, 0.25) is 10.0 Å². The van der Waals surface area contributed by atoms with Gasteiger partial charge < -0.3 is 9.72 Å².